The van der Waals surface area contributed by atoms with E-state index in [9.17, 15) is 19.2 Å². The lowest BCUT2D eigenvalue weighted by Gasteiger charge is -2.19. The standard InChI is InChI=1S/C34H22N4O4S/c35-22-7-1-18(2-8-22)20-5-12-25-27(15-20)33(41)37(31(25)39)24-11-14-29(30(43)17-24)38-32(40)26-13-6-21(16-28(26)34(38)42)19-3-9-23(36)10-4-19/h1-17,43H,35-36H2. The molecule has 0 bridgehead atoms. The number of hydrogen-bond acceptors (Lipinski definition) is 7. The average Bonchev–Trinajstić information content (AvgIpc) is 3.41. The average molecular weight is 583 g/mol. The van der Waals surface area contributed by atoms with Gasteiger partial charge in [-0.3, -0.25) is 19.2 Å². The van der Waals surface area contributed by atoms with E-state index in [1.165, 1.54) is 18.2 Å². The van der Waals surface area contributed by atoms with E-state index in [4.69, 9.17) is 11.5 Å². The van der Waals surface area contributed by atoms with Gasteiger partial charge < -0.3 is 11.5 Å². The first kappa shape index (κ1) is 26.2. The van der Waals surface area contributed by atoms with Crippen molar-refractivity contribution < 1.29 is 19.2 Å². The van der Waals surface area contributed by atoms with Crippen LogP contribution in [0.15, 0.2) is 108 Å². The molecule has 2 aliphatic rings. The van der Waals surface area contributed by atoms with Crippen molar-refractivity contribution in [1.82, 2.24) is 0 Å². The molecule has 0 aliphatic carbocycles. The van der Waals surface area contributed by atoms with Crippen molar-refractivity contribution in [1.29, 1.82) is 0 Å². The smallest absolute Gasteiger partial charge is 0.266 e. The van der Waals surface area contributed by atoms with Gasteiger partial charge in [-0.2, -0.15) is 0 Å². The van der Waals surface area contributed by atoms with Gasteiger partial charge in [0.1, 0.15) is 0 Å². The van der Waals surface area contributed by atoms with E-state index in [1.807, 2.05) is 24.3 Å². The zero-order valence-electron chi connectivity index (χ0n) is 22.4. The number of nitrogens with zero attached hydrogens (tertiary/aromatic N) is 2. The van der Waals surface area contributed by atoms with Crippen LogP contribution in [0.2, 0.25) is 0 Å². The van der Waals surface area contributed by atoms with E-state index < -0.39 is 23.6 Å². The molecule has 0 atom stereocenters. The Balaban J connectivity index is 1.18. The summed E-state index contributed by atoms with van der Waals surface area (Å²) in [4.78, 5) is 56.0. The molecular formula is C34H22N4O4S. The SMILES string of the molecule is Nc1ccc(-c2ccc3c(c2)C(=O)N(c2ccc(N4C(=O)c5ccc(-c6ccc(N)cc6)cc5C4=O)c(S)c2)C3=O)cc1. The van der Waals surface area contributed by atoms with Gasteiger partial charge in [-0.15, -0.1) is 12.6 Å². The summed E-state index contributed by atoms with van der Waals surface area (Å²) in [5.74, 6) is -1.92. The van der Waals surface area contributed by atoms with Crippen molar-refractivity contribution in [2.45, 2.75) is 4.90 Å². The third-order valence-electron chi connectivity index (χ3n) is 7.72. The van der Waals surface area contributed by atoms with Gasteiger partial charge in [0.2, 0.25) is 0 Å². The fourth-order valence-corrected chi connectivity index (χ4v) is 5.79. The van der Waals surface area contributed by atoms with Crippen LogP contribution < -0.4 is 21.3 Å². The molecule has 9 heteroatoms. The predicted molar refractivity (Wildman–Crippen MR) is 169 cm³/mol. The maximum absolute atomic E-state index is 13.5. The van der Waals surface area contributed by atoms with Crippen molar-refractivity contribution in [2.24, 2.45) is 0 Å². The van der Waals surface area contributed by atoms with Crippen LogP contribution in [0.4, 0.5) is 22.7 Å². The van der Waals surface area contributed by atoms with E-state index in [1.54, 1.807) is 60.7 Å². The summed E-state index contributed by atoms with van der Waals surface area (Å²) in [6.45, 7) is 0. The Kier molecular flexibility index (Phi) is 5.93. The first-order valence-corrected chi connectivity index (χ1v) is 13.8. The van der Waals surface area contributed by atoms with Gasteiger partial charge in [0.25, 0.3) is 23.6 Å². The van der Waals surface area contributed by atoms with E-state index in [0.29, 0.717) is 11.4 Å². The molecule has 0 saturated heterocycles. The first-order valence-electron chi connectivity index (χ1n) is 13.3. The largest absolute Gasteiger partial charge is 0.399 e. The molecule has 2 heterocycles. The zero-order valence-corrected chi connectivity index (χ0v) is 23.3. The fourth-order valence-electron chi connectivity index (χ4n) is 5.49. The van der Waals surface area contributed by atoms with Crippen molar-refractivity contribution in [3.05, 3.63) is 125 Å². The number of fused-ring (bicyclic) bond motifs is 2. The number of hydrogen-bond donors (Lipinski definition) is 3. The Hall–Kier alpha value is -5.67. The van der Waals surface area contributed by atoms with Gasteiger partial charge in [0.05, 0.1) is 33.6 Å². The van der Waals surface area contributed by atoms with Crippen LogP contribution in [-0.2, 0) is 0 Å². The molecule has 208 valence electrons. The number of imide groups is 2. The minimum Gasteiger partial charge on any atom is -0.399 e. The first-order chi connectivity index (χ1) is 20.7. The van der Waals surface area contributed by atoms with Crippen LogP contribution >= 0.6 is 12.6 Å². The molecule has 0 aromatic heterocycles. The lowest BCUT2D eigenvalue weighted by Crippen LogP contribution is -2.31. The van der Waals surface area contributed by atoms with Crippen molar-refractivity contribution in [3.8, 4) is 22.3 Å². The number of anilines is 4. The van der Waals surface area contributed by atoms with Crippen LogP contribution in [0.25, 0.3) is 22.3 Å². The summed E-state index contributed by atoms with van der Waals surface area (Å²) in [6.07, 6.45) is 0. The number of benzene rings is 5. The molecule has 5 aromatic carbocycles. The Morgan fingerprint density at radius 2 is 0.860 bits per heavy atom. The van der Waals surface area contributed by atoms with Crippen molar-refractivity contribution in [2.75, 3.05) is 21.3 Å². The summed E-state index contributed by atoms with van der Waals surface area (Å²) >= 11 is 4.56. The summed E-state index contributed by atoms with van der Waals surface area (Å²) in [5, 5.41) is 0. The maximum Gasteiger partial charge on any atom is 0.266 e. The van der Waals surface area contributed by atoms with Crippen LogP contribution in [0, 0.1) is 0 Å². The zero-order chi connectivity index (χ0) is 30.0. The number of nitrogens with two attached hydrogens (primary N) is 2. The van der Waals surface area contributed by atoms with Crippen LogP contribution in [-0.4, -0.2) is 23.6 Å². The van der Waals surface area contributed by atoms with Gasteiger partial charge in [-0.05, 0) is 89.0 Å². The normalized spacial score (nSPS) is 14.0. The topological polar surface area (TPSA) is 127 Å². The van der Waals surface area contributed by atoms with E-state index in [-0.39, 0.29) is 38.5 Å². The van der Waals surface area contributed by atoms with Gasteiger partial charge in [-0.1, -0.05) is 36.4 Å². The Bertz CT molecular complexity index is 2040. The van der Waals surface area contributed by atoms with Crippen molar-refractivity contribution in [3.63, 3.8) is 0 Å². The lowest BCUT2D eigenvalue weighted by molar-refractivity contribution is 0.0909. The third-order valence-corrected chi connectivity index (χ3v) is 8.08. The third kappa shape index (κ3) is 4.17. The molecule has 0 unspecified atom stereocenters. The predicted octanol–water partition coefficient (Wildman–Crippen LogP) is 6.07. The molecule has 0 spiro atoms. The van der Waals surface area contributed by atoms with E-state index in [0.717, 1.165) is 32.1 Å². The number of nitrogen functional groups attached to an aromatic ring is 2. The molecular weight excluding hydrogens is 560 g/mol. The maximum atomic E-state index is 13.5. The van der Waals surface area contributed by atoms with Crippen LogP contribution in [0.3, 0.4) is 0 Å². The summed E-state index contributed by atoms with van der Waals surface area (Å²) in [5.41, 5.74) is 17.7. The monoisotopic (exact) mass is 582 g/mol. The summed E-state index contributed by atoms with van der Waals surface area (Å²) in [6, 6.07) is 29.2. The second kappa shape index (κ2) is 9.71. The highest BCUT2D eigenvalue weighted by Gasteiger charge is 2.40. The molecule has 43 heavy (non-hydrogen) atoms. The van der Waals surface area contributed by atoms with Gasteiger partial charge >= 0.3 is 0 Å². The van der Waals surface area contributed by atoms with Crippen molar-refractivity contribution >= 4 is 59.0 Å². The molecule has 0 fully saturated rings. The van der Waals surface area contributed by atoms with Crippen LogP contribution in [0.1, 0.15) is 41.4 Å². The minimum absolute atomic E-state index is 0.245. The molecule has 4 N–H and O–H groups in total. The summed E-state index contributed by atoms with van der Waals surface area (Å²) < 4.78 is 0. The Morgan fingerprint density at radius 1 is 0.442 bits per heavy atom. The lowest BCUT2D eigenvalue weighted by atomic mass is 10.00. The molecule has 2 aliphatic heterocycles. The Morgan fingerprint density at radius 3 is 1.35 bits per heavy atom. The summed E-state index contributed by atoms with van der Waals surface area (Å²) in [7, 11) is 0. The van der Waals surface area contributed by atoms with E-state index in [2.05, 4.69) is 12.6 Å². The number of carbonyl (C=O) groups is 4. The van der Waals surface area contributed by atoms with Gasteiger partial charge in [0.15, 0.2) is 0 Å². The van der Waals surface area contributed by atoms with Crippen LogP contribution in [0.5, 0.6) is 0 Å². The number of carbonyl (C=O) groups excluding carboxylic acids is 4. The second-order valence-corrected chi connectivity index (χ2v) is 10.8. The second-order valence-electron chi connectivity index (χ2n) is 10.3. The quantitative estimate of drug-likeness (QED) is 0.134. The minimum atomic E-state index is -0.490. The Labute approximate surface area is 251 Å². The highest BCUT2D eigenvalue weighted by molar-refractivity contribution is 7.80. The molecule has 4 amide bonds. The molecule has 0 radical (unpaired) electrons. The highest BCUT2D eigenvalue weighted by atomic mass is 32.1. The highest BCUT2D eigenvalue weighted by Crippen LogP contribution is 2.38. The fraction of sp³-hybridized carbons (Fsp3) is 0. The number of thiol groups is 1. The molecule has 5 aromatic rings. The molecule has 7 rings (SSSR count). The molecule has 8 nitrogen and oxygen atoms in total. The number of amides is 4. The molecule has 0 saturated carbocycles. The van der Waals surface area contributed by atoms with Gasteiger partial charge in [-0.25, -0.2) is 9.80 Å². The van der Waals surface area contributed by atoms with Gasteiger partial charge in [0, 0.05) is 16.3 Å². The van der Waals surface area contributed by atoms with E-state index >= 15 is 0 Å². The number of rotatable bonds is 4.